The van der Waals surface area contributed by atoms with Gasteiger partial charge >= 0.3 is 0 Å². The highest BCUT2D eigenvalue weighted by atomic mass is 32.2. The van der Waals surface area contributed by atoms with Gasteiger partial charge in [-0.3, -0.25) is 0 Å². The van der Waals surface area contributed by atoms with Crippen molar-refractivity contribution in [2.24, 2.45) is 5.92 Å². The molecule has 7 heteroatoms. The van der Waals surface area contributed by atoms with Crippen LogP contribution in [-0.4, -0.2) is 43.6 Å². The lowest BCUT2D eigenvalue weighted by Crippen LogP contribution is -2.48. The molecule has 0 radical (unpaired) electrons. The van der Waals surface area contributed by atoms with Gasteiger partial charge in [-0.2, -0.15) is 4.31 Å². The fourth-order valence-corrected chi connectivity index (χ4v) is 4.87. The van der Waals surface area contributed by atoms with Crippen LogP contribution in [0.1, 0.15) is 24.3 Å². The van der Waals surface area contributed by atoms with Gasteiger partial charge in [-0.05, 0) is 32.2 Å². The smallest absolute Gasteiger partial charge is 0.220 e. The molecule has 0 aromatic carbocycles. The number of hydrogen-bond donors (Lipinski definition) is 1. The van der Waals surface area contributed by atoms with Gasteiger partial charge in [0.1, 0.15) is 17.2 Å². The maximum atomic E-state index is 12.5. The Kier molecular flexibility index (Phi) is 3.36. The van der Waals surface area contributed by atoms with Crippen LogP contribution in [-0.2, 0) is 15.8 Å². The van der Waals surface area contributed by atoms with Gasteiger partial charge in [-0.1, -0.05) is 5.16 Å². The highest BCUT2D eigenvalue weighted by molar-refractivity contribution is 7.88. The minimum Gasteiger partial charge on any atom is -0.361 e. The molecule has 19 heavy (non-hydrogen) atoms. The summed E-state index contributed by atoms with van der Waals surface area (Å²) in [7, 11) is -3.31. The molecule has 2 saturated heterocycles. The lowest BCUT2D eigenvalue weighted by atomic mass is 9.94. The molecule has 0 bridgehead atoms. The van der Waals surface area contributed by atoms with Crippen LogP contribution in [0, 0.1) is 12.8 Å². The first kappa shape index (κ1) is 13.1. The molecule has 0 spiro atoms. The molecule has 106 valence electrons. The van der Waals surface area contributed by atoms with Crippen molar-refractivity contribution >= 4 is 10.0 Å². The topological polar surface area (TPSA) is 75.4 Å². The molecule has 1 aromatic rings. The first-order valence-corrected chi connectivity index (χ1v) is 8.29. The maximum Gasteiger partial charge on any atom is 0.220 e. The van der Waals surface area contributed by atoms with Gasteiger partial charge < -0.3 is 9.84 Å². The van der Waals surface area contributed by atoms with Crippen molar-refractivity contribution in [3.63, 3.8) is 0 Å². The van der Waals surface area contributed by atoms with Crippen LogP contribution in [0.5, 0.6) is 0 Å². The number of fused-ring (bicyclic) bond motifs is 1. The Morgan fingerprint density at radius 1 is 1.53 bits per heavy atom. The summed E-state index contributed by atoms with van der Waals surface area (Å²) in [6.45, 7) is 4.09. The zero-order valence-electron chi connectivity index (χ0n) is 11.0. The molecule has 6 nitrogen and oxygen atoms in total. The van der Waals surface area contributed by atoms with Crippen LogP contribution < -0.4 is 5.32 Å². The fourth-order valence-electron chi connectivity index (χ4n) is 3.13. The molecule has 0 saturated carbocycles. The predicted octanol–water partition coefficient (Wildman–Crippen LogP) is 0.497. The standard InChI is InChI=1S/C12H19N3O3S/c1-9-5-11(14-18-9)8-19(16,17)15-4-2-3-10-6-13-7-12(10)15/h5,10,12-13H,2-4,6-8H2,1H3. The Hall–Kier alpha value is -0.920. The van der Waals surface area contributed by atoms with Gasteiger partial charge in [0.05, 0.1) is 0 Å². The van der Waals surface area contributed by atoms with Gasteiger partial charge in [0.25, 0.3) is 0 Å². The highest BCUT2D eigenvalue weighted by Gasteiger charge is 2.40. The minimum absolute atomic E-state index is 0.0619. The van der Waals surface area contributed by atoms with E-state index in [9.17, 15) is 8.42 Å². The van der Waals surface area contributed by atoms with E-state index in [0.29, 0.717) is 23.9 Å². The van der Waals surface area contributed by atoms with Crippen LogP contribution in [0.25, 0.3) is 0 Å². The molecule has 0 amide bonds. The Balaban J connectivity index is 1.79. The highest BCUT2D eigenvalue weighted by Crippen LogP contribution is 2.29. The third kappa shape index (κ3) is 2.54. The van der Waals surface area contributed by atoms with E-state index in [0.717, 1.165) is 25.9 Å². The van der Waals surface area contributed by atoms with E-state index in [2.05, 4.69) is 10.5 Å². The van der Waals surface area contributed by atoms with Crippen molar-refractivity contribution in [2.75, 3.05) is 19.6 Å². The van der Waals surface area contributed by atoms with E-state index in [1.54, 1.807) is 17.3 Å². The molecule has 2 aliphatic rings. The molecule has 2 fully saturated rings. The number of hydrogen-bond acceptors (Lipinski definition) is 5. The molecular formula is C12H19N3O3S. The summed E-state index contributed by atoms with van der Waals surface area (Å²) in [5.74, 6) is 1.04. The van der Waals surface area contributed by atoms with Crippen LogP contribution in [0.4, 0.5) is 0 Å². The second-order valence-corrected chi connectivity index (χ2v) is 7.35. The van der Waals surface area contributed by atoms with Crippen molar-refractivity contribution in [2.45, 2.75) is 31.6 Å². The molecule has 0 aliphatic carbocycles. The summed E-state index contributed by atoms with van der Waals surface area (Å²) >= 11 is 0. The fraction of sp³-hybridized carbons (Fsp3) is 0.750. The number of sulfonamides is 1. The summed E-state index contributed by atoms with van der Waals surface area (Å²) in [6.07, 6.45) is 2.06. The predicted molar refractivity (Wildman–Crippen MR) is 70.0 cm³/mol. The van der Waals surface area contributed by atoms with Crippen molar-refractivity contribution < 1.29 is 12.9 Å². The number of aryl methyl sites for hydroxylation is 1. The van der Waals surface area contributed by atoms with Crippen molar-refractivity contribution in [3.8, 4) is 0 Å². The largest absolute Gasteiger partial charge is 0.361 e. The van der Waals surface area contributed by atoms with E-state index in [1.807, 2.05) is 0 Å². The third-order valence-electron chi connectivity index (χ3n) is 3.99. The normalized spacial score (nSPS) is 28.5. The van der Waals surface area contributed by atoms with Crippen LogP contribution in [0.3, 0.4) is 0 Å². The van der Waals surface area contributed by atoms with Gasteiger partial charge in [0, 0.05) is 25.2 Å². The molecule has 1 N–H and O–H groups in total. The summed E-state index contributed by atoms with van der Waals surface area (Å²) in [6, 6.07) is 1.80. The Morgan fingerprint density at radius 2 is 2.37 bits per heavy atom. The Labute approximate surface area is 113 Å². The van der Waals surface area contributed by atoms with Gasteiger partial charge in [-0.15, -0.1) is 0 Å². The summed E-state index contributed by atoms with van der Waals surface area (Å²) in [4.78, 5) is 0. The van der Waals surface area contributed by atoms with Gasteiger partial charge in [0.15, 0.2) is 0 Å². The second kappa shape index (κ2) is 4.88. The maximum absolute atomic E-state index is 12.5. The van der Waals surface area contributed by atoms with Crippen molar-refractivity contribution in [3.05, 3.63) is 17.5 Å². The van der Waals surface area contributed by atoms with Gasteiger partial charge in [-0.25, -0.2) is 8.42 Å². The molecular weight excluding hydrogens is 266 g/mol. The van der Waals surface area contributed by atoms with Crippen LogP contribution in [0.15, 0.2) is 10.6 Å². The zero-order valence-corrected chi connectivity index (χ0v) is 11.8. The number of aromatic nitrogens is 1. The average molecular weight is 285 g/mol. The average Bonchev–Trinajstić information content (AvgIpc) is 2.96. The van der Waals surface area contributed by atoms with E-state index in [4.69, 9.17) is 4.52 Å². The first-order chi connectivity index (χ1) is 9.06. The molecule has 2 atom stereocenters. The number of nitrogens with zero attached hydrogens (tertiary/aromatic N) is 2. The third-order valence-corrected chi connectivity index (χ3v) is 5.82. The van der Waals surface area contributed by atoms with Crippen molar-refractivity contribution in [1.29, 1.82) is 0 Å². The Bertz CT molecular complexity index is 554. The van der Waals surface area contributed by atoms with Crippen molar-refractivity contribution in [1.82, 2.24) is 14.8 Å². The summed E-state index contributed by atoms with van der Waals surface area (Å²) in [5, 5.41) is 7.08. The number of rotatable bonds is 3. The zero-order chi connectivity index (χ0) is 13.5. The van der Waals surface area contributed by atoms with Crippen LogP contribution in [0.2, 0.25) is 0 Å². The second-order valence-electron chi connectivity index (χ2n) is 5.42. The molecule has 3 rings (SSSR count). The minimum atomic E-state index is -3.31. The lowest BCUT2D eigenvalue weighted by molar-refractivity contribution is 0.217. The quantitative estimate of drug-likeness (QED) is 0.875. The number of nitrogens with one attached hydrogen (secondary N) is 1. The van der Waals surface area contributed by atoms with E-state index < -0.39 is 10.0 Å². The van der Waals surface area contributed by atoms with E-state index in [1.165, 1.54) is 0 Å². The molecule has 2 aliphatic heterocycles. The van der Waals surface area contributed by atoms with E-state index >= 15 is 0 Å². The lowest BCUT2D eigenvalue weighted by Gasteiger charge is -2.35. The first-order valence-electron chi connectivity index (χ1n) is 6.69. The molecule has 2 unspecified atom stereocenters. The monoisotopic (exact) mass is 285 g/mol. The van der Waals surface area contributed by atoms with Crippen LogP contribution >= 0.6 is 0 Å². The molecule has 1 aromatic heterocycles. The summed E-state index contributed by atoms with van der Waals surface area (Å²) in [5.41, 5.74) is 0.491. The van der Waals surface area contributed by atoms with Gasteiger partial charge in [0.2, 0.25) is 10.0 Å². The molecule has 3 heterocycles. The SMILES string of the molecule is Cc1cc(CS(=O)(=O)N2CCCC3CNCC32)no1. The number of piperidine rings is 1. The van der Waals surface area contributed by atoms with E-state index in [-0.39, 0.29) is 11.8 Å². The summed E-state index contributed by atoms with van der Waals surface area (Å²) < 4.78 is 31.7. The Morgan fingerprint density at radius 3 is 3.11 bits per heavy atom.